The molecule has 1 amide bonds. The summed E-state index contributed by atoms with van der Waals surface area (Å²) in [5.74, 6) is 1.41. The molecule has 122 valence electrons. The fourth-order valence-electron chi connectivity index (χ4n) is 2.97. The zero-order chi connectivity index (χ0) is 16.5. The molecule has 2 N–H and O–H groups in total. The number of carbonyl (C=O) groups excluding carboxylic acids is 1. The average molecular weight is 338 g/mol. The minimum Gasteiger partial charge on any atom is -0.321 e. The summed E-state index contributed by atoms with van der Waals surface area (Å²) in [4.78, 5) is 18.9. The molecular formula is C18H18N4OS. The van der Waals surface area contributed by atoms with Crippen molar-refractivity contribution in [3.8, 4) is 11.4 Å². The van der Waals surface area contributed by atoms with Crippen LogP contribution in [0.1, 0.15) is 38.8 Å². The van der Waals surface area contributed by atoms with Crippen molar-refractivity contribution in [3.05, 3.63) is 51.5 Å². The van der Waals surface area contributed by atoms with Crippen molar-refractivity contribution in [3.63, 3.8) is 0 Å². The second-order valence-corrected chi connectivity index (χ2v) is 7.18. The maximum absolute atomic E-state index is 12.5. The Morgan fingerprint density at radius 1 is 1.21 bits per heavy atom. The Kier molecular flexibility index (Phi) is 3.90. The number of aromatic nitrogens is 3. The summed E-state index contributed by atoms with van der Waals surface area (Å²) < 4.78 is 0. The van der Waals surface area contributed by atoms with Gasteiger partial charge in [-0.15, -0.1) is 11.3 Å². The van der Waals surface area contributed by atoms with Crippen LogP contribution in [0.25, 0.3) is 11.4 Å². The second-order valence-electron chi connectivity index (χ2n) is 6.04. The van der Waals surface area contributed by atoms with Crippen LogP contribution in [0.15, 0.2) is 30.3 Å². The molecule has 0 atom stereocenters. The van der Waals surface area contributed by atoms with Gasteiger partial charge >= 0.3 is 0 Å². The summed E-state index contributed by atoms with van der Waals surface area (Å²) in [6.45, 7) is 1.87. The Labute approximate surface area is 144 Å². The maximum atomic E-state index is 12.5. The minimum absolute atomic E-state index is 0.0316. The Morgan fingerprint density at radius 3 is 2.71 bits per heavy atom. The zero-order valence-corrected chi connectivity index (χ0v) is 14.2. The van der Waals surface area contributed by atoms with Crippen molar-refractivity contribution >= 4 is 22.9 Å². The molecule has 0 unspecified atom stereocenters. The van der Waals surface area contributed by atoms with E-state index in [1.165, 1.54) is 23.3 Å². The van der Waals surface area contributed by atoms with E-state index in [0.717, 1.165) is 34.8 Å². The summed E-state index contributed by atoms with van der Waals surface area (Å²) in [6, 6.07) is 9.65. The highest BCUT2D eigenvalue weighted by Crippen LogP contribution is 2.30. The number of aryl methyl sites for hydroxylation is 3. The lowest BCUT2D eigenvalue weighted by atomic mass is 9.99. The molecule has 0 saturated carbocycles. The van der Waals surface area contributed by atoms with E-state index in [2.05, 4.69) is 26.6 Å². The molecule has 3 aromatic rings. The normalized spacial score (nSPS) is 13.5. The Morgan fingerprint density at radius 2 is 2.00 bits per heavy atom. The average Bonchev–Trinajstić information content (AvgIpc) is 3.21. The SMILES string of the molecule is Cc1nc(-c2ccc(NC(=O)c3cc4c(s3)CCCC4)cc2)n[nH]1. The molecule has 2 aromatic heterocycles. The summed E-state index contributed by atoms with van der Waals surface area (Å²) >= 11 is 1.63. The Bertz CT molecular complexity index is 855. The van der Waals surface area contributed by atoms with E-state index in [9.17, 15) is 4.79 Å². The van der Waals surface area contributed by atoms with Gasteiger partial charge in [0, 0.05) is 16.1 Å². The first-order chi connectivity index (χ1) is 11.7. The largest absolute Gasteiger partial charge is 0.321 e. The minimum atomic E-state index is -0.0316. The lowest BCUT2D eigenvalue weighted by Crippen LogP contribution is -2.09. The number of H-pyrrole nitrogens is 1. The van der Waals surface area contributed by atoms with Crippen molar-refractivity contribution in [2.75, 3.05) is 5.32 Å². The summed E-state index contributed by atoms with van der Waals surface area (Å²) in [6.07, 6.45) is 4.67. The predicted octanol–water partition coefficient (Wildman–Crippen LogP) is 3.97. The molecule has 24 heavy (non-hydrogen) atoms. The van der Waals surface area contributed by atoms with Crippen LogP contribution in [0.2, 0.25) is 0 Å². The van der Waals surface area contributed by atoms with Gasteiger partial charge in [0.15, 0.2) is 5.82 Å². The highest BCUT2D eigenvalue weighted by Gasteiger charge is 2.17. The Hall–Kier alpha value is -2.47. The highest BCUT2D eigenvalue weighted by atomic mass is 32.1. The van der Waals surface area contributed by atoms with Gasteiger partial charge in [-0.2, -0.15) is 5.10 Å². The lowest BCUT2D eigenvalue weighted by Gasteiger charge is -2.08. The lowest BCUT2D eigenvalue weighted by molar-refractivity contribution is 0.103. The first-order valence-electron chi connectivity index (χ1n) is 8.11. The molecule has 0 spiro atoms. The fraction of sp³-hybridized carbons (Fsp3) is 0.278. The van der Waals surface area contributed by atoms with E-state index in [0.29, 0.717) is 5.82 Å². The summed E-state index contributed by atoms with van der Waals surface area (Å²) in [5, 5.41) is 9.94. The maximum Gasteiger partial charge on any atom is 0.265 e. The monoisotopic (exact) mass is 338 g/mol. The topological polar surface area (TPSA) is 70.7 Å². The van der Waals surface area contributed by atoms with Crippen molar-refractivity contribution in [1.82, 2.24) is 15.2 Å². The fourth-order valence-corrected chi connectivity index (χ4v) is 4.12. The van der Waals surface area contributed by atoms with Crippen LogP contribution >= 0.6 is 11.3 Å². The van der Waals surface area contributed by atoms with Gasteiger partial charge in [-0.25, -0.2) is 4.98 Å². The number of hydrogen-bond donors (Lipinski definition) is 2. The number of fused-ring (bicyclic) bond motifs is 1. The molecule has 0 fully saturated rings. The molecule has 0 saturated heterocycles. The van der Waals surface area contributed by atoms with Crippen molar-refractivity contribution in [2.24, 2.45) is 0 Å². The van der Waals surface area contributed by atoms with Gasteiger partial charge in [0.25, 0.3) is 5.91 Å². The van der Waals surface area contributed by atoms with Crippen LogP contribution in [0.5, 0.6) is 0 Å². The van der Waals surface area contributed by atoms with E-state index < -0.39 is 0 Å². The number of thiophene rings is 1. The number of nitrogens with zero attached hydrogens (tertiary/aromatic N) is 2. The van der Waals surface area contributed by atoms with Gasteiger partial charge in [0.2, 0.25) is 0 Å². The molecule has 0 radical (unpaired) electrons. The second kappa shape index (κ2) is 6.20. The third-order valence-electron chi connectivity index (χ3n) is 4.22. The smallest absolute Gasteiger partial charge is 0.265 e. The molecule has 6 heteroatoms. The van der Waals surface area contributed by atoms with E-state index in [1.54, 1.807) is 11.3 Å². The molecule has 0 aliphatic heterocycles. The summed E-state index contributed by atoms with van der Waals surface area (Å²) in [7, 11) is 0. The summed E-state index contributed by atoms with van der Waals surface area (Å²) in [5.41, 5.74) is 3.05. The van der Waals surface area contributed by atoms with Gasteiger partial charge in [0.05, 0.1) is 4.88 Å². The molecule has 5 nitrogen and oxygen atoms in total. The van der Waals surface area contributed by atoms with Gasteiger partial charge < -0.3 is 5.32 Å². The van der Waals surface area contributed by atoms with Gasteiger partial charge in [-0.05, 0) is 68.5 Å². The number of amides is 1. The van der Waals surface area contributed by atoms with Crippen LogP contribution in [-0.4, -0.2) is 21.1 Å². The number of carbonyl (C=O) groups is 1. The molecular weight excluding hydrogens is 320 g/mol. The van der Waals surface area contributed by atoms with Gasteiger partial charge in [-0.3, -0.25) is 9.89 Å². The van der Waals surface area contributed by atoms with E-state index >= 15 is 0 Å². The van der Waals surface area contributed by atoms with Crippen LogP contribution in [0.4, 0.5) is 5.69 Å². The molecule has 2 heterocycles. The number of rotatable bonds is 3. The van der Waals surface area contributed by atoms with E-state index in [-0.39, 0.29) is 5.91 Å². The third kappa shape index (κ3) is 2.97. The van der Waals surface area contributed by atoms with Crippen LogP contribution in [0, 0.1) is 6.92 Å². The molecule has 1 aromatic carbocycles. The van der Waals surface area contributed by atoms with Gasteiger partial charge in [0.1, 0.15) is 5.82 Å². The van der Waals surface area contributed by atoms with Crippen molar-refractivity contribution < 1.29 is 4.79 Å². The molecule has 0 bridgehead atoms. The van der Waals surface area contributed by atoms with Crippen LogP contribution < -0.4 is 5.32 Å². The quantitative estimate of drug-likeness (QED) is 0.759. The first kappa shape index (κ1) is 15.1. The van der Waals surface area contributed by atoms with E-state index in [1.807, 2.05) is 31.2 Å². The van der Waals surface area contributed by atoms with Gasteiger partial charge in [-0.1, -0.05) is 0 Å². The first-order valence-corrected chi connectivity index (χ1v) is 8.93. The standard InChI is InChI=1S/C18H18N4OS/c1-11-19-17(22-21-11)12-6-8-14(9-7-12)20-18(23)16-10-13-4-2-3-5-15(13)24-16/h6-10H,2-5H2,1H3,(H,20,23)(H,19,21,22). The molecule has 4 rings (SSSR count). The van der Waals surface area contributed by atoms with Crippen LogP contribution in [0.3, 0.4) is 0 Å². The third-order valence-corrected chi connectivity index (χ3v) is 5.45. The number of aromatic amines is 1. The number of anilines is 1. The van der Waals surface area contributed by atoms with Crippen LogP contribution in [-0.2, 0) is 12.8 Å². The number of nitrogens with one attached hydrogen (secondary N) is 2. The Balaban J connectivity index is 1.48. The molecule has 1 aliphatic carbocycles. The van der Waals surface area contributed by atoms with Crippen molar-refractivity contribution in [1.29, 1.82) is 0 Å². The molecule has 1 aliphatic rings. The zero-order valence-electron chi connectivity index (χ0n) is 13.4. The van der Waals surface area contributed by atoms with E-state index in [4.69, 9.17) is 0 Å². The van der Waals surface area contributed by atoms with Crippen molar-refractivity contribution in [2.45, 2.75) is 32.6 Å². The number of benzene rings is 1. The highest BCUT2D eigenvalue weighted by molar-refractivity contribution is 7.14. The predicted molar refractivity (Wildman–Crippen MR) is 95.5 cm³/mol. The number of hydrogen-bond acceptors (Lipinski definition) is 4.